The second-order valence-corrected chi connectivity index (χ2v) is 7.70. The summed E-state index contributed by atoms with van der Waals surface area (Å²) in [6.45, 7) is 1.76. The summed E-state index contributed by atoms with van der Waals surface area (Å²) < 4.78 is 12.2. The van der Waals surface area contributed by atoms with Crippen LogP contribution in [-0.2, 0) is 11.8 Å². The summed E-state index contributed by atoms with van der Waals surface area (Å²) in [5.74, 6) is 1.41. The number of hydrogen-bond donors (Lipinski definition) is 1. The molecule has 1 N–H and O–H groups in total. The summed E-state index contributed by atoms with van der Waals surface area (Å²) in [4.78, 5) is 22.8. The minimum atomic E-state index is -0.468. The Labute approximate surface area is 194 Å². The van der Waals surface area contributed by atoms with E-state index in [2.05, 4.69) is 20.7 Å². The molecule has 0 aliphatic rings. The fourth-order valence-corrected chi connectivity index (χ4v) is 3.62. The van der Waals surface area contributed by atoms with Gasteiger partial charge in [0, 0.05) is 36.4 Å². The van der Waals surface area contributed by atoms with E-state index in [1.807, 2.05) is 0 Å². The van der Waals surface area contributed by atoms with Gasteiger partial charge in [0.1, 0.15) is 11.5 Å². The Bertz CT molecular complexity index is 1210. The highest BCUT2D eigenvalue weighted by Crippen LogP contribution is 2.26. The maximum atomic E-state index is 12.3. The van der Waals surface area contributed by atoms with E-state index in [0.29, 0.717) is 33.8 Å². The predicted molar refractivity (Wildman–Crippen MR) is 124 cm³/mol. The Hall–Kier alpha value is -3.93. The SMILES string of the molecule is COc1ccc(C(C)=NNC(=O)CSc2nnc(-c3cccc([N+](=O)[O-])c3)n2C)c(OC)c1. The molecule has 1 aromatic heterocycles. The first-order chi connectivity index (χ1) is 15.8. The van der Waals surface area contributed by atoms with Crippen molar-refractivity contribution in [1.82, 2.24) is 20.2 Å². The highest BCUT2D eigenvalue weighted by molar-refractivity contribution is 7.99. The molecule has 2 aromatic carbocycles. The largest absolute Gasteiger partial charge is 0.497 e. The quantitative estimate of drug-likeness (QED) is 0.218. The van der Waals surface area contributed by atoms with Crippen LogP contribution in [0.5, 0.6) is 11.5 Å². The second-order valence-electron chi connectivity index (χ2n) is 6.76. The molecule has 0 radical (unpaired) electrons. The first-order valence-corrected chi connectivity index (χ1v) is 10.6. The lowest BCUT2D eigenvalue weighted by Crippen LogP contribution is -2.21. The zero-order valence-corrected chi connectivity index (χ0v) is 19.3. The van der Waals surface area contributed by atoms with Gasteiger partial charge < -0.3 is 14.0 Å². The lowest BCUT2D eigenvalue weighted by Gasteiger charge is -2.10. The molecule has 1 heterocycles. The van der Waals surface area contributed by atoms with Gasteiger partial charge in [0.05, 0.1) is 30.6 Å². The summed E-state index contributed by atoms with van der Waals surface area (Å²) in [7, 11) is 4.84. The zero-order valence-electron chi connectivity index (χ0n) is 18.4. The molecular weight excluding hydrogens is 448 g/mol. The first-order valence-electron chi connectivity index (χ1n) is 9.66. The van der Waals surface area contributed by atoms with Gasteiger partial charge in [-0.2, -0.15) is 5.10 Å². The van der Waals surface area contributed by atoms with E-state index in [9.17, 15) is 14.9 Å². The molecule has 172 valence electrons. The van der Waals surface area contributed by atoms with Gasteiger partial charge in [0.25, 0.3) is 11.6 Å². The molecule has 1 amide bonds. The third-order valence-corrected chi connectivity index (χ3v) is 5.65. The van der Waals surface area contributed by atoms with Gasteiger partial charge in [-0.3, -0.25) is 14.9 Å². The van der Waals surface area contributed by atoms with Crippen LogP contribution in [0.3, 0.4) is 0 Å². The Morgan fingerprint density at radius 1 is 1.21 bits per heavy atom. The van der Waals surface area contributed by atoms with Crippen molar-refractivity contribution in [2.45, 2.75) is 12.1 Å². The summed E-state index contributed by atoms with van der Waals surface area (Å²) >= 11 is 1.17. The summed E-state index contributed by atoms with van der Waals surface area (Å²) in [6.07, 6.45) is 0. The maximum absolute atomic E-state index is 12.3. The van der Waals surface area contributed by atoms with Crippen LogP contribution in [0.2, 0.25) is 0 Å². The van der Waals surface area contributed by atoms with Crippen LogP contribution in [0, 0.1) is 10.1 Å². The van der Waals surface area contributed by atoms with Crippen LogP contribution >= 0.6 is 11.8 Å². The van der Waals surface area contributed by atoms with Crippen molar-refractivity contribution in [3.05, 3.63) is 58.1 Å². The van der Waals surface area contributed by atoms with Crippen molar-refractivity contribution in [2.24, 2.45) is 12.1 Å². The highest BCUT2D eigenvalue weighted by atomic mass is 32.2. The fraction of sp³-hybridized carbons (Fsp3) is 0.238. The molecule has 3 aromatic rings. The van der Waals surface area contributed by atoms with Crippen LogP contribution < -0.4 is 14.9 Å². The average Bonchev–Trinajstić information content (AvgIpc) is 3.20. The standard InChI is InChI=1S/C21H22N6O5S/c1-13(17-9-8-16(31-3)11-18(17)32-4)22-23-19(28)12-33-21-25-24-20(26(21)2)14-6-5-7-15(10-14)27(29)30/h5-11H,12H2,1-4H3,(H,23,28). The number of hydrogen-bond acceptors (Lipinski definition) is 9. The second kappa shape index (κ2) is 10.6. The van der Waals surface area contributed by atoms with Crippen LogP contribution in [0.15, 0.2) is 52.7 Å². The van der Waals surface area contributed by atoms with E-state index < -0.39 is 4.92 Å². The number of amides is 1. The molecule has 0 aliphatic carbocycles. The number of carbonyl (C=O) groups is 1. The molecule has 0 bridgehead atoms. The van der Waals surface area contributed by atoms with Crippen molar-refractivity contribution >= 4 is 29.1 Å². The van der Waals surface area contributed by atoms with Crippen LogP contribution in [-0.4, -0.2) is 51.3 Å². The third-order valence-electron chi connectivity index (χ3n) is 4.63. The summed E-state index contributed by atoms with van der Waals surface area (Å²) in [5.41, 5.74) is 4.33. The predicted octanol–water partition coefficient (Wildman–Crippen LogP) is 3.04. The minimum Gasteiger partial charge on any atom is -0.497 e. The first kappa shape index (κ1) is 23.7. The molecule has 0 aliphatic heterocycles. The van der Waals surface area contributed by atoms with Crippen molar-refractivity contribution in [3.63, 3.8) is 0 Å². The zero-order chi connectivity index (χ0) is 24.0. The lowest BCUT2D eigenvalue weighted by atomic mass is 10.1. The monoisotopic (exact) mass is 470 g/mol. The van der Waals surface area contributed by atoms with Gasteiger partial charge in [-0.05, 0) is 19.1 Å². The van der Waals surface area contributed by atoms with Crippen molar-refractivity contribution in [1.29, 1.82) is 0 Å². The molecule has 12 heteroatoms. The fourth-order valence-electron chi connectivity index (χ4n) is 2.92. The Kier molecular flexibility index (Phi) is 7.61. The van der Waals surface area contributed by atoms with E-state index in [-0.39, 0.29) is 17.3 Å². The Morgan fingerprint density at radius 2 is 2.00 bits per heavy atom. The number of nitrogens with zero attached hydrogens (tertiary/aromatic N) is 5. The van der Waals surface area contributed by atoms with Gasteiger partial charge in [0.2, 0.25) is 0 Å². The molecule has 33 heavy (non-hydrogen) atoms. The number of ether oxygens (including phenoxy) is 2. The molecule has 11 nitrogen and oxygen atoms in total. The highest BCUT2D eigenvalue weighted by Gasteiger charge is 2.15. The number of nitro groups is 1. The molecule has 0 saturated heterocycles. The number of benzene rings is 2. The summed E-state index contributed by atoms with van der Waals surface area (Å²) in [6, 6.07) is 11.4. The van der Waals surface area contributed by atoms with E-state index >= 15 is 0 Å². The Morgan fingerprint density at radius 3 is 2.70 bits per heavy atom. The molecule has 0 fully saturated rings. The molecule has 3 rings (SSSR count). The van der Waals surface area contributed by atoms with Gasteiger partial charge in [-0.15, -0.1) is 10.2 Å². The number of thioether (sulfide) groups is 1. The summed E-state index contributed by atoms with van der Waals surface area (Å²) in [5, 5.41) is 23.8. The number of aromatic nitrogens is 3. The van der Waals surface area contributed by atoms with E-state index in [4.69, 9.17) is 9.47 Å². The molecule has 0 atom stereocenters. The van der Waals surface area contributed by atoms with E-state index in [1.165, 1.54) is 23.9 Å². The number of hydrazone groups is 1. The van der Waals surface area contributed by atoms with Gasteiger partial charge in [-0.1, -0.05) is 23.9 Å². The number of nitrogens with one attached hydrogen (secondary N) is 1. The molecule has 0 saturated carbocycles. The lowest BCUT2D eigenvalue weighted by molar-refractivity contribution is -0.384. The number of methoxy groups -OCH3 is 2. The number of nitro benzene ring substituents is 1. The van der Waals surface area contributed by atoms with Gasteiger partial charge >= 0.3 is 0 Å². The Balaban J connectivity index is 1.64. The molecule has 0 spiro atoms. The van der Waals surface area contributed by atoms with E-state index in [1.54, 1.807) is 63.1 Å². The molecular formula is C21H22N6O5S. The van der Waals surface area contributed by atoms with Crippen LogP contribution in [0.25, 0.3) is 11.4 Å². The molecule has 0 unspecified atom stereocenters. The van der Waals surface area contributed by atoms with Crippen molar-refractivity contribution < 1.29 is 19.2 Å². The number of carbonyl (C=O) groups excluding carboxylic acids is 1. The van der Waals surface area contributed by atoms with Crippen LogP contribution in [0.1, 0.15) is 12.5 Å². The number of non-ortho nitro benzene ring substituents is 1. The van der Waals surface area contributed by atoms with Crippen molar-refractivity contribution in [3.8, 4) is 22.9 Å². The van der Waals surface area contributed by atoms with Crippen molar-refractivity contribution in [2.75, 3.05) is 20.0 Å². The minimum absolute atomic E-state index is 0.0363. The smallest absolute Gasteiger partial charge is 0.270 e. The topological polar surface area (TPSA) is 134 Å². The van der Waals surface area contributed by atoms with Gasteiger partial charge in [-0.25, -0.2) is 5.43 Å². The normalized spacial score (nSPS) is 11.2. The third kappa shape index (κ3) is 5.66. The number of rotatable bonds is 9. The maximum Gasteiger partial charge on any atom is 0.270 e. The average molecular weight is 471 g/mol. The van der Waals surface area contributed by atoms with Crippen LogP contribution in [0.4, 0.5) is 5.69 Å². The van der Waals surface area contributed by atoms with E-state index in [0.717, 1.165) is 5.56 Å². The van der Waals surface area contributed by atoms with Gasteiger partial charge in [0.15, 0.2) is 11.0 Å².